The molecule has 0 atom stereocenters. The lowest BCUT2D eigenvalue weighted by molar-refractivity contribution is -0.117. The highest BCUT2D eigenvalue weighted by atomic mass is 79.9. The van der Waals surface area contributed by atoms with Gasteiger partial charge in [0, 0.05) is 11.0 Å². The molecule has 0 aliphatic carbocycles. The molecule has 0 saturated carbocycles. The lowest BCUT2D eigenvalue weighted by Gasteiger charge is -2.27. The summed E-state index contributed by atoms with van der Waals surface area (Å²) in [6.45, 7) is 3.51. The first-order valence-corrected chi connectivity index (χ1v) is 8.36. The number of carbonyl (C=O) groups is 1. The zero-order chi connectivity index (χ0) is 15.2. The van der Waals surface area contributed by atoms with Gasteiger partial charge in [-0.15, -0.1) is 0 Å². The summed E-state index contributed by atoms with van der Waals surface area (Å²) < 4.78 is 0.897. The molecule has 1 fully saturated rings. The Bertz CT molecular complexity index is 492. The Hall–Kier alpha value is -0.620. The van der Waals surface area contributed by atoms with Gasteiger partial charge in [0.1, 0.15) is 0 Å². The van der Waals surface area contributed by atoms with E-state index >= 15 is 0 Å². The fourth-order valence-electron chi connectivity index (χ4n) is 2.60. The van der Waals surface area contributed by atoms with Crippen molar-refractivity contribution < 1.29 is 4.79 Å². The quantitative estimate of drug-likeness (QED) is 0.833. The number of nitrogens with one attached hydrogen (secondary N) is 2. The highest BCUT2D eigenvalue weighted by Crippen LogP contribution is 2.25. The van der Waals surface area contributed by atoms with Crippen LogP contribution in [0.25, 0.3) is 0 Å². The topological polar surface area (TPSA) is 44.4 Å². The molecule has 0 radical (unpaired) electrons. The SMILES string of the molecule is CN(CC(=O)Nc1ccc(Br)cc1Cl)CC1CCNCC1. The van der Waals surface area contributed by atoms with Crippen molar-refractivity contribution in [1.29, 1.82) is 0 Å². The smallest absolute Gasteiger partial charge is 0.238 e. The van der Waals surface area contributed by atoms with Crippen LogP contribution >= 0.6 is 27.5 Å². The van der Waals surface area contributed by atoms with Gasteiger partial charge < -0.3 is 10.6 Å². The van der Waals surface area contributed by atoms with E-state index in [2.05, 4.69) is 31.5 Å². The number of carbonyl (C=O) groups excluding carboxylic acids is 1. The van der Waals surface area contributed by atoms with E-state index in [1.165, 1.54) is 12.8 Å². The minimum absolute atomic E-state index is 0.0318. The van der Waals surface area contributed by atoms with Gasteiger partial charge in [0.2, 0.25) is 5.91 Å². The molecule has 1 aliphatic heterocycles. The lowest BCUT2D eigenvalue weighted by atomic mass is 9.98. The van der Waals surface area contributed by atoms with E-state index in [0.717, 1.165) is 24.1 Å². The number of hydrogen-bond acceptors (Lipinski definition) is 3. The number of rotatable bonds is 5. The van der Waals surface area contributed by atoms with Crippen molar-refractivity contribution >= 4 is 39.1 Å². The van der Waals surface area contributed by atoms with Crippen LogP contribution in [0.3, 0.4) is 0 Å². The summed E-state index contributed by atoms with van der Waals surface area (Å²) >= 11 is 9.45. The maximum absolute atomic E-state index is 12.1. The molecule has 1 heterocycles. The van der Waals surface area contributed by atoms with Crippen molar-refractivity contribution in [2.75, 3.05) is 38.5 Å². The van der Waals surface area contributed by atoms with E-state index in [9.17, 15) is 4.79 Å². The molecular weight excluding hydrogens is 354 g/mol. The van der Waals surface area contributed by atoms with Crippen molar-refractivity contribution in [2.45, 2.75) is 12.8 Å². The third kappa shape index (κ3) is 5.58. The Morgan fingerprint density at radius 2 is 2.19 bits per heavy atom. The van der Waals surface area contributed by atoms with Crippen LogP contribution in [0.5, 0.6) is 0 Å². The third-order valence-electron chi connectivity index (χ3n) is 3.65. The van der Waals surface area contributed by atoms with Crippen molar-refractivity contribution in [1.82, 2.24) is 10.2 Å². The maximum Gasteiger partial charge on any atom is 0.238 e. The molecule has 116 valence electrons. The molecule has 4 nitrogen and oxygen atoms in total. The second-order valence-corrected chi connectivity index (χ2v) is 6.89. The summed E-state index contributed by atoms with van der Waals surface area (Å²) in [6, 6.07) is 5.44. The predicted octanol–water partition coefficient (Wildman–Crippen LogP) is 2.97. The summed E-state index contributed by atoms with van der Waals surface area (Å²) in [7, 11) is 1.99. The molecule has 1 aliphatic rings. The predicted molar refractivity (Wildman–Crippen MR) is 90.9 cm³/mol. The molecule has 0 spiro atoms. The van der Waals surface area contributed by atoms with E-state index in [1.54, 1.807) is 12.1 Å². The zero-order valence-electron chi connectivity index (χ0n) is 12.2. The van der Waals surface area contributed by atoms with Crippen LogP contribution in [0.1, 0.15) is 12.8 Å². The first kappa shape index (κ1) is 16.7. The van der Waals surface area contributed by atoms with Gasteiger partial charge >= 0.3 is 0 Å². The van der Waals surface area contributed by atoms with Crippen molar-refractivity contribution in [2.24, 2.45) is 5.92 Å². The van der Waals surface area contributed by atoms with Crippen LogP contribution in [0.2, 0.25) is 5.02 Å². The summed E-state index contributed by atoms with van der Waals surface area (Å²) in [5, 5.41) is 6.76. The normalized spacial score (nSPS) is 16.2. The van der Waals surface area contributed by atoms with Crippen molar-refractivity contribution in [3.63, 3.8) is 0 Å². The number of halogens is 2. The Labute approximate surface area is 139 Å². The van der Waals surface area contributed by atoms with Crippen LogP contribution in [-0.2, 0) is 4.79 Å². The Morgan fingerprint density at radius 3 is 2.86 bits per heavy atom. The van der Waals surface area contributed by atoms with E-state index in [4.69, 9.17) is 11.6 Å². The third-order valence-corrected chi connectivity index (χ3v) is 4.45. The summed E-state index contributed by atoms with van der Waals surface area (Å²) in [6.07, 6.45) is 2.37. The zero-order valence-corrected chi connectivity index (χ0v) is 14.5. The van der Waals surface area contributed by atoms with E-state index in [0.29, 0.717) is 23.2 Å². The molecule has 0 bridgehead atoms. The molecule has 1 amide bonds. The molecule has 1 aromatic carbocycles. The highest BCUT2D eigenvalue weighted by Gasteiger charge is 2.16. The van der Waals surface area contributed by atoms with Crippen LogP contribution in [0.15, 0.2) is 22.7 Å². The molecule has 1 aromatic rings. The molecule has 0 unspecified atom stereocenters. The average molecular weight is 375 g/mol. The molecule has 21 heavy (non-hydrogen) atoms. The van der Waals surface area contributed by atoms with Gasteiger partial charge in [0.25, 0.3) is 0 Å². The number of nitrogens with zero attached hydrogens (tertiary/aromatic N) is 1. The molecule has 1 saturated heterocycles. The van der Waals surface area contributed by atoms with Gasteiger partial charge in [-0.3, -0.25) is 9.69 Å². The largest absolute Gasteiger partial charge is 0.324 e. The van der Waals surface area contributed by atoms with E-state index in [-0.39, 0.29) is 5.91 Å². The highest BCUT2D eigenvalue weighted by molar-refractivity contribution is 9.10. The van der Waals surface area contributed by atoms with Crippen LogP contribution < -0.4 is 10.6 Å². The molecule has 6 heteroatoms. The number of amides is 1. The average Bonchev–Trinajstić information content (AvgIpc) is 2.43. The number of likely N-dealkylation sites (N-methyl/N-ethyl adjacent to an activating group) is 1. The van der Waals surface area contributed by atoms with Gasteiger partial charge in [-0.25, -0.2) is 0 Å². The number of benzene rings is 1. The van der Waals surface area contributed by atoms with Crippen molar-refractivity contribution in [3.05, 3.63) is 27.7 Å². The Morgan fingerprint density at radius 1 is 1.48 bits per heavy atom. The van der Waals surface area contributed by atoms with Crippen LogP contribution in [0, 0.1) is 5.92 Å². The molecular formula is C15H21BrClN3O. The fourth-order valence-corrected chi connectivity index (χ4v) is 3.32. The van der Waals surface area contributed by atoms with Gasteiger partial charge in [0.15, 0.2) is 0 Å². The fraction of sp³-hybridized carbons (Fsp3) is 0.533. The lowest BCUT2D eigenvalue weighted by Crippen LogP contribution is -2.37. The standard InChI is InChI=1S/C15H21BrClN3O/c1-20(9-11-4-6-18-7-5-11)10-15(21)19-14-3-2-12(16)8-13(14)17/h2-3,8,11,18H,4-7,9-10H2,1H3,(H,19,21). The molecule has 0 aromatic heterocycles. The Balaban J connectivity index is 1.80. The second-order valence-electron chi connectivity index (χ2n) is 5.56. The molecule has 2 rings (SSSR count). The summed E-state index contributed by atoms with van der Waals surface area (Å²) in [4.78, 5) is 14.1. The van der Waals surface area contributed by atoms with Crippen molar-refractivity contribution in [3.8, 4) is 0 Å². The second kappa shape index (κ2) is 8.13. The van der Waals surface area contributed by atoms with Crippen LogP contribution in [0.4, 0.5) is 5.69 Å². The number of hydrogen-bond donors (Lipinski definition) is 2. The summed E-state index contributed by atoms with van der Waals surface area (Å²) in [5.74, 6) is 0.649. The van der Waals surface area contributed by atoms with E-state index in [1.807, 2.05) is 13.1 Å². The Kier molecular flexibility index (Phi) is 6.48. The van der Waals surface area contributed by atoms with Crippen LogP contribution in [-0.4, -0.2) is 44.0 Å². The first-order valence-electron chi connectivity index (χ1n) is 7.19. The maximum atomic E-state index is 12.1. The minimum Gasteiger partial charge on any atom is -0.324 e. The van der Waals surface area contributed by atoms with Gasteiger partial charge in [-0.2, -0.15) is 0 Å². The minimum atomic E-state index is -0.0318. The van der Waals surface area contributed by atoms with Gasteiger partial charge in [0.05, 0.1) is 17.3 Å². The van der Waals surface area contributed by atoms with Gasteiger partial charge in [-0.05, 0) is 57.1 Å². The van der Waals surface area contributed by atoms with Gasteiger partial charge in [-0.1, -0.05) is 27.5 Å². The first-order chi connectivity index (χ1) is 10.0. The monoisotopic (exact) mass is 373 g/mol. The number of anilines is 1. The number of piperidine rings is 1. The molecule has 2 N–H and O–H groups in total. The summed E-state index contributed by atoms with van der Waals surface area (Å²) in [5.41, 5.74) is 0.653. The van der Waals surface area contributed by atoms with E-state index < -0.39 is 0 Å².